The first kappa shape index (κ1) is 12.0. The van der Waals surface area contributed by atoms with Gasteiger partial charge in [0.15, 0.2) is 0 Å². The minimum absolute atomic E-state index is 0.00649. The van der Waals surface area contributed by atoms with Crippen molar-refractivity contribution in [2.45, 2.75) is 45.3 Å². The van der Waals surface area contributed by atoms with Crippen LogP contribution in [-0.2, 0) is 11.2 Å². The Hall–Kier alpha value is -0.450. The fourth-order valence-corrected chi connectivity index (χ4v) is 2.64. The molecule has 1 saturated carbocycles. The number of thiazole rings is 1. The van der Waals surface area contributed by atoms with Gasteiger partial charge in [-0.1, -0.05) is 0 Å². The topological polar surface area (TPSA) is 42.4 Å². The molecular weight excluding hydrogens is 222 g/mol. The zero-order valence-electron chi connectivity index (χ0n) is 9.85. The molecule has 0 aromatic carbocycles. The Labute approximate surface area is 100 Å². The van der Waals surface area contributed by atoms with Gasteiger partial charge in [-0.3, -0.25) is 0 Å². The fraction of sp³-hybridized carbons (Fsp3) is 0.750. The molecule has 2 rings (SSSR count). The lowest BCUT2D eigenvalue weighted by molar-refractivity contribution is -0.0442. The van der Waals surface area contributed by atoms with Gasteiger partial charge in [0.25, 0.3) is 0 Å². The van der Waals surface area contributed by atoms with E-state index in [2.05, 4.69) is 4.98 Å². The van der Waals surface area contributed by atoms with Crippen LogP contribution in [-0.4, -0.2) is 28.9 Å². The first-order valence-electron chi connectivity index (χ1n) is 5.91. The van der Waals surface area contributed by atoms with Crippen molar-refractivity contribution in [2.24, 2.45) is 5.92 Å². The van der Waals surface area contributed by atoms with E-state index in [9.17, 15) is 5.11 Å². The molecule has 0 spiro atoms. The Bertz CT molecular complexity index is 336. The van der Waals surface area contributed by atoms with Gasteiger partial charge in [-0.05, 0) is 32.6 Å². The van der Waals surface area contributed by atoms with Gasteiger partial charge in [0, 0.05) is 18.4 Å². The number of ether oxygens (including phenoxy) is 1. The highest BCUT2D eigenvalue weighted by Gasteiger charge is 2.36. The summed E-state index contributed by atoms with van der Waals surface area (Å²) in [6, 6.07) is 0. The van der Waals surface area contributed by atoms with Crippen LogP contribution in [0.1, 0.15) is 30.5 Å². The minimum Gasteiger partial charge on any atom is -0.390 e. The smallest absolute Gasteiger partial charge is 0.0897 e. The van der Waals surface area contributed by atoms with Gasteiger partial charge in [0.1, 0.15) is 0 Å². The molecular formula is C12H19NO2S. The second-order valence-electron chi connectivity index (χ2n) is 4.39. The molecule has 2 unspecified atom stereocenters. The number of hydrogen-bond donors (Lipinski definition) is 1. The molecule has 1 heterocycles. The van der Waals surface area contributed by atoms with Gasteiger partial charge >= 0.3 is 0 Å². The third kappa shape index (κ3) is 3.03. The lowest BCUT2D eigenvalue weighted by Gasteiger charge is -2.21. The molecule has 0 radical (unpaired) electrons. The van der Waals surface area contributed by atoms with Crippen molar-refractivity contribution in [1.82, 2.24) is 4.98 Å². The molecule has 3 nitrogen and oxygen atoms in total. The van der Waals surface area contributed by atoms with E-state index in [1.165, 1.54) is 12.8 Å². The van der Waals surface area contributed by atoms with Crippen molar-refractivity contribution in [3.63, 3.8) is 0 Å². The molecule has 90 valence electrons. The average Bonchev–Trinajstić information content (AvgIpc) is 3.00. The Morgan fingerprint density at radius 1 is 1.62 bits per heavy atom. The summed E-state index contributed by atoms with van der Waals surface area (Å²) in [6.45, 7) is 4.64. The van der Waals surface area contributed by atoms with Crippen LogP contribution in [0.2, 0.25) is 0 Å². The zero-order valence-corrected chi connectivity index (χ0v) is 10.7. The number of aromatic nitrogens is 1. The minimum atomic E-state index is -0.408. The van der Waals surface area contributed by atoms with Crippen LogP contribution in [0.15, 0.2) is 5.38 Å². The summed E-state index contributed by atoms with van der Waals surface area (Å²) >= 11 is 1.63. The summed E-state index contributed by atoms with van der Waals surface area (Å²) in [5, 5.41) is 13.2. The molecule has 1 aliphatic rings. The second-order valence-corrected chi connectivity index (χ2v) is 5.45. The van der Waals surface area contributed by atoms with E-state index in [0.717, 1.165) is 10.7 Å². The first-order valence-corrected chi connectivity index (χ1v) is 6.79. The summed E-state index contributed by atoms with van der Waals surface area (Å²) in [4.78, 5) is 4.38. The van der Waals surface area contributed by atoms with Gasteiger partial charge in [-0.25, -0.2) is 4.98 Å². The molecule has 2 atom stereocenters. The molecule has 0 bridgehead atoms. The highest BCUT2D eigenvalue weighted by atomic mass is 32.1. The zero-order chi connectivity index (χ0) is 11.5. The highest BCUT2D eigenvalue weighted by Crippen LogP contribution is 2.36. The summed E-state index contributed by atoms with van der Waals surface area (Å²) in [7, 11) is 0. The molecule has 16 heavy (non-hydrogen) atoms. The van der Waals surface area contributed by atoms with E-state index in [0.29, 0.717) is 18.9 Å². The van der Waals surface area contributed by atoms with Crippen LogP contribution < -0.4 is 0 Å². The Balaban J connectivity index is 1.91. The first-order chi connectivity index (χ1) is 7.70. The van der Waals surface area contributed by atoms with Gasteiger partial charge in [-0.2, -0.15) is 0 Å². The maximum atomic E-state index is 10.2. The van der Waals surface area contributed by atoms with E-state index in [1.807, 2.05) is 19.2 Å². The number of aliphatic hydroxyl groups excluding tert-OH is 1. The van der Waals surface area contributed by atoms with Crippen LogP contribution in [0.25, 0.3) is 0 Å². The van der Waals surface area contributed by atoms with Crippen LogP contribution in [0, 0.1) is 12.8 Å². The monoisotopic (exact) mass is 241 g/mol. The number of hydrogen-bond acceptors (Lipinski definition) is 4. The van der Waals surface area contributed by atoms with E-state index in [1.54, 1.807) is 11.3 Å². The van der Waals surface area contributed by atoms with Crippen molar-refractivity contribution >= 4 is 11.3 Å². The quantitative estimate of drug-likeness (QED) is 0.830. The Kier molecular flexibility index (Phi) is 3.95. The van der Waals surface area contributed by atoms with Crippen molar-refractivity contribution in [2.75, 3.05) is 6.61 Å². The van der Waals surface area contributed by atoms with E-state index >= 15 is 0 Å². The molecule has 0 saturated heterocycles. The average molecular weight is 241 g/mol. The summed E-state index contributed by atoms with van der Waals surface area (Å²) in [5.74, 6) is 0.565. The largest absolute Gasteiger partial charge is 0.390 e. The van der Waals surface area contributed by atoms with Crippen molar-refractivity contribution in [1.29, 1.82) is 0 Å². The number of rotatable bonds is 6. The number of aliphatic hydroxyl groups is 1. The van der Waals surface area contributed by atoms with Crippen LogP contribution in [0.4, 0.5) is 0 Å². The van der Waals surface area contributed by atoms with Crippen LogP contribution in [0.3, 0.4) is 0 Å². The predicted molar refractivity (Wildman–Crippen MR) is 64.7 cm³/mol. The fourth-order valence-electron chi connectivity index (χ4n) is 2.01. The van der Waals surface area contributed by atoms with Crippen molar-refractivity contribution in [3.8, 4) is 0 Å². The normalized spacial score (nSPS) is 19.7. The maximum absolute atomic E-state index is 10.2. The lowest BCUT2D eigenvalue weighted by Crippen LogP contribution is -2.33. The van der Waals surface area contributed by atoms with Crippen molar-refractivity contribution in [3.05, 3.63) is 16.1 Å². The maximum Gasteiger partial charge on any atom is 0.0897 e. The molecule has 1 aliphatic carbocycles. The van der Waals surface area contributed by atoms with Gasteiger partial charge < -0.3 is 9.84 Å². The standard InChI is InChI=1S/C12H19NO2S/c1-3-15-12(9-4-5-9)11(14)6-10-7-16-8(2)13-10/h7,9,11-12,14H,3-6H2,1-2H3. The van der Waals surface area contributed by atoms with Gasteiger partial charge in [0.2, 0.25) is 0 Å². The molecule has 1 fully saturated rings. The molecule has 0 amide bonds. The van der Waals surface area contributed by atoms with Crippen LogP contribution in [0.5, 0.6) is 0 Å². The van der Waals surface area contributed by atoms with E-state index in [-0.39, 0.29) is 6.10 Å². The summed E-state index contributed by atoms with van der Waals surface area (Å²) in [6.07, 6.45) is 2.60. The Morgan fingerprint density at radius 3 is 2.88 bits per heavy atom. The molecule has 1 aromatic heterocycles. The summed E-state index contributed by atoms with van der Waals surface area (Å²) < 4.78 is 5.63. The third-order valence-electron chi connectivity index (χ3n) is 2.91. The molecule has 0 aliphatic heterocycles. The lowest BCUT2D eigenvalue weighted by atomic mass is 10.0. The molecule has 1 aromatic rings. The third-order valence-corrected chi connectivity index (χ3v) is 3.73. The summed E-state index contributed by atoms with van der Waals surface area (Å²) in [5.41, 5.74) is 0.986. The van der Waals surface area contributed by atoms with Crippen molar-refractivity contribution < 1.29 is 9.84 Å². The number of aryl methyl sites for hydroxylation is 1. The molecule has 1 N–H and O–H groups in total. The molecule has 4 heteroatoms. The Morgan fingerprint density at radius 2 is 2.38 bits per heavy atom. The van der Waals surface area contributed by atoms with Gasteiger partial charge in [0.05, 0.1) is 22.9 Å². The highest BCUT2D eigenvalue weighted by molar-refractivity contribution is 7.09. The number of nitrogens with zero attached hydrogens (tertiary/aromatic N) is 1. The van der Waals surface area contributed by atoms with E-state index < -0.39 is 6.10 Å². The van der Waals surface area contributed by atoms with Gasteiger partial charge in [-0.15, -0.1) is 11.3 Å². The van der Waals surface area contributed by atoms with Crippen LogP contribution >= 0.6 is 11.3 Å². The SMILES string of the molecule is CCOC(C(O)Cc1csc(C)n1)C1CC1. The van der Waals surface area contributed by atoms with E-state index in [4.69, 9.17) is 4.74 Å². The second kappa shape index (κ2) is 5.25. The predicted octanol–water partition coefficient (Wildman–Crippen LogP) is 2.17.